The highest BCUT2D eigenvalue weighted by atomic mass is 19.1. The molecule has 10 heteroatoms. The van der Waals surface area contributed by atoms with Gasteiger partial charge in [-0.2, -0.15) is 0 Å². The van der Waals surface area contributed by atoms with Crippen molar-refractivity contribution in [3.8, 4) is 17.2 Å². The van der Waals surface area contributed by atoms with Crippen molar-refractivity contribution in [3.63, 3.8) is 0 Å². The molecule has 4 amide bonds. The lowest BCUT2D eigenvalue weighted by atomic mass is 10.1. The molecule has 0 saturated carbocycles. The first-order chi connectivity index (χ1) is 14.9. The number of urea groups is 1. The van der Waals surface area contributed by atoms with Crippen LogP contribution < -0.4 is 24.8 Å². The Hall–Kier alpha value is -4.08. The van der Waals surface area contributed by atoms with Crippen LogP contribution in [0.4, 0.5) is 14.9 Å². The van der Waals surface area contributed by atoms with Gasteiger partial charge in [0.25, 0.3) is 5.91 Å². The maximum atomic E-state index is 13.7. The topological polar surface area (TPSA) is 106 Å². The van der Waals surface area contributed by atoms with Gasteiger partial charge in [-0.25, -0.2) is 14.1 Å². The van der Waals surface area contributed by atoms with Gasteiger partial charge >= 0.3 is 6.03 Å². The summed E-state index contributed by atoms with van der Waals surface area (Å²) in [7, 11) is 4.35. The smallest absolute Gasteiger partial charge is 0.329 e. The van der Waals surface area contributed by atoms with Crippen LogP contribution in [0.5, 0.6) is 17.2 Å². The zero-order valence-electron chi connectivity index (χ0n) is 17.0. The van der Waals surface area contributed by atoms with Crippen molar-refractivity contribution in [2.75, 3.05) is 33.2 Å². The first-order valence-electron chi connectivity index (χ1n) is 9.06. The molecule has 1 heterocycles. The molecule has 31 heavy (non-hydrogen) atoms. The normalized spacial score (nSPS) is 14.5. The summed E-state index contributed by atoms with van der Waals surface area (Å²) in [6, 6.07) is 7.97. The number of methoxy groups -OCH3 is 3. The minimum absolute atomic E-state index is 0.0528. The fourth-order valence-corrected chi connectivity index (χ4v) is 2.93. The summed E-state index contributed by atoms with van der Waals surface area (Å²) >= 11 is 0. The number of hydrogen-bond acceptors (Lipinski definition) is 6. The van der Waals surface area contributed by atoms with Gasteiger partial charge in [0.15, 0.2) is 0 Å². The maximum Gasteiger partial charge on any atom is 0.329 e. The maximum absolute atomic E-state index is 13.7. The second-order valence-corrected chi connectivity index (χ2v) is 6.35. The van der Waals surface area contributed by atoms with Crippen LogP contribution >= 0.6 is 0 Å². The van der Waals surface area contributed by atoms with E-state index in [0.29, 0.717) is 27.7 Å². The molecule has 2 aromatic carbocycles. The van der Waals surface area contributed by atoms with Crippen molar-refractivity contribution in [3.05, 3.63) is 53.5 Å². The van der Waals surface area contributed by atoms with Crippen LogP contribution in [0.25, 0.3) is 6.08 Å². The molecular weight excluding hydrogens is 409 g/mol. The molecule has 0 aliphatic carbocycles. The van der Waals surface area contributed by atoms with E-state index in [4.69, 9.17) is 14.2 Å². The second-order valence-electron chi connectivity index (χ2n) is 6.35. The molecule has 1 aliphatic heterocycles. The van der Waals surface area contributed by atoms with Crippen LogP contribution in [0.1, 0.15) is 5.56 Å². The first kappa shape index (κ1) is 21.6. The van der Waals surface area contributed by atoms with Crippen molar-refractivity contribution in [2.24, 2.45) is 0 Å². The number of hydrogen-bond donors (Lipinski definition) is 2. The summed E-state index contributed by atoms with van der Waals surface area (Å²) in [6.45, 7) is -0.590. The Bertz CT molecular complexity index is 1040. The lowest BCUT2D eigenvalue weighted by Crippen LogP contribution is -2.38. The first-order valence-corrected chi connectivity index (χ1v) is 9.06. The van der Waals surface area contributed by atoms with E-state index >= 15 is 0 Å². The number of ether oxygens (including phenoxy) is 3. The number of imide groups is 1. The molecule has 0 atom stereocenters. The largest absolute Gasteiger partial charge is 0.496 e. The minimum Gasteiger partial charge on any atom is -0.496 e. The number of para-hydroxylation sites is 1. The Balaban J connectivity index is 1.82. The van der Waals surface area contributed by atoms with E-state index in [0.717, 1.165) is 0 Å². The molecule has 0 spiro atoms. The van der Waals surface area contributed by atoms with Crippen molar-refractivity contribution in [1.29, 1.82) is 0 Å². The molecule has 9 nitrogen and oxygen atoms in total. The number of carbonyl (C=O) groups excluding carboxylic acids is 3. The Morgan fingerprint density at radius 3 is 2.32 bits per heavy atom. The van der Waals surface area contributed by atoms with Gasteiger partial charge in [0.1, 0.15) is 35.3 Å². The van der Waals surface area contributed by atoms with Gasteiger partial charge in [0.2, 0.25) is 5.91 Å². The highest BCUT2D eigenvalue weighted by molar-refractivity contribution is 6.16. The quantitative estimate of drug-likeness (QED) is 0.517. The van der Waals surface area contributed by atoms with Crippen LogP contribution in [-0.4, -0.2) is 50.6 Å². The predicted molar refractivity (Wildman–Crippen MR) is 109 cm³/mol. The van der Waals surface area contributed by atoms with E-state index in [9.17, 15) is 18.8 Å². The third-order valence-corrected chi connectivity index (χ3v) is 4.45. The molecule has 0 unspecified atom stereocenters. The highest BCUT2D eigenvalue weighted by Gasteiger charge is 2.35. The van der Waals surface area contributed by atoms with E-state index < -0.39 is 30.2 Å². The lowest BCUT2D eigenvalue weighted by molar-refractivity contribution is -0.127. The third-order valence-electron chi connectivity index (χ3n) is 4.45. The number of nitrogens with zero attached hydrogens (tertiary/aromatic N) is 1. The van der Waals surface area contributed by atoms with Gasteiger partial charge in [0, 0.05) is 12.1 Å². The summed E-state index contributed by atoms with van der Waals surface area (Å²) in [5.41, 5.74) is 0.264. The average molecular weight is 429 g/mol. The standard InChI is InChI=1S/C21H20FN3O6/c1-29-12-8-17(30-2)13(18(9-12)31-3)10-16-20(27)25(21(28)24-16)11-19(26)23-15-7-5-4-6-14(15)22/h4-10H,11H2,1-3H3,(H,23,26)(H,24,28)/b16-10+. The van der Waals surface area contributed by atoms with E-state index in [2.05, 4.69) is 10.6 Å². The van der Waals surface area contributed by atoms with Crippen LogP contribution in [0.3, 0.4) is 0 Å². The molecule has 162 valence electrons. The van der Waals surface area contributed by atoms with E-state index in [1.165, 1.54) is 45.6 Å². The zero-order chi connectivity index (χ0) is 22.5. The Morgan fingerprint density at radius 2 is 1.74 bits per heavy atom. The average Bonchev–Trinajstić information content (AvgIpc) is 3.02. The number of benzene rings is 2. The molecular formula is C21H20FN3O6. The van der Waals surface area contributed by atoms with Gasteiger partial charge in [0.05, 0.1) is 32.6 Å². The molecule has 0 bridgehead atoms. The highest BCUT2D eigenvalue weighted by Crippen LogP contribution is 2.36. The van der Waals surface area contributed by atoms with Gasteiger partial charge in [-0.15, -0.1) is 0 Å². The summed E-state index contributed by atoms with van der Waals surface area (Å²) < 4.78 is 29.5. The van der Waals surface area contributed by atoms with Crippen LogP contribution in [0, 0.1) is 5.82 Å². The Kier molecular flexibility index (Phi) is 6.39. The number of nitrogens with one attached hydrogen (secondary N) is 2. The Morgan fingerprint density at radius 1 is 1.10 bits per heavy atom. The summed E-state index contributed by atoms with van der Waals surface area (Å²) in [4.78, 5) is 37.9. The number of anilines is 1. The molecule has 1 saturated heterocycles. The number of halogens is 1. The molecule has 3 rings (SSSR count). The third kappa shape index (κ3) is 4.58. The van der Waals surface area contributed by atoms with E-state index in [1.54, 1.807) is 18.2 Å². The zero-order valence-corrected chi connectivity index (χ0v) is 17.0. The summed E-state index contributed by atoms with van der Waals surface area (Å²) in [5.74, 6) is -0.914. The van der Waals surface area contributed by atoms with Gasteiger partial charge < -0.3 is 24.8 Å². The molecule has 2 aromatic rings. The fraction of sp³-hybridized carbons (Fsp3) is 0.190. The van der Waals surface area contributed by atoms with Crippen molar-refractivity contribution < 1.29 is 33.0 Å². The molecule has 1 aliphatic rings. The van der Waals surface area contributed by atoms with Gasteiger partial charge in [-0.3, -0.25) is 9.59 Å². The van der Waals surface area contributed by atoms with Crippen LogP contribution in [-0.2, 0) is 9.59 Å². The van der Waals surface area contributed by atoms with Crippen LogP contribution in [0.2, 0.25) is 0 Å². The summed E-state index contributed by atoms with van der Waals surface area (Å²) in [6.07, 6.45) is 1.38. The number of carbonyl (C=O) groups is 3. The molecule has 0 radical (unpaired) electrons. The minimum atomic E-state index is -0.786. The number of rotatable bonds is 7. The van der Waals surface area contributed by atoms with Crippen molar-refractivity contribution in [2.45, 2.75) is 0 Å². The molecule has 2 N–H and O–H groups in total. The SMILES string of the molecule is COc1cc(OC)c(/C=C2/NC(=O)N(CC(=O)Nc3ccccc3F)C2=O)c(OC)c1. The Labute approximate surface area is 177 Å². The lowest BCUT2D eigenvalue weighted by Gasteiger charge is -2.13. The van der Waals surface area contributed by atoms with E-state index in [1.807, 2.05) is 0 Å². The second kappa shape index (κ2) is 9.16. The number of amides is 4. The van der Waals surface area contributed by atoms with Crippen molar-refractivity contribution >= 4 is 29.6 Å². The monoisotopic (exact) mass is 429 g/mol. The van der Waals surface area contributed by atoms with Gasteiger partial charge in [-0.05, 0) is 18.2 Å². The van der Waals surface area contributed by atoms with E-state index in [-0.39, 0.29) is 11.4 Å². The van der Waals surface area contributed by atoms with Crippen LogP contribution in [0.15, 0.2) is 42.1 Å². The molecule has 1 fully saturated rings. The molecule has 0 aromatic heterocycles. The van der Waals surface area contributed by atoms with Crippen molar-refractivity contribution in [1.82, 2.24) is 10.2 Å². The van der Waals surface area contributed by atoms with Gasteiger partial charge in [-0.1, -0.05) is 12.1 Å². The fourth-order valence-electron chi connectivity index (χ4n) is 2.93. The summed E-state index contributed by atoms with van der Waals surface area (Å²) in [5, 5.41) is 4.75. The predicted octanol–water partition coefficient (Wildman–Crippen LogP) is 2.38.